The maximum atomic E-state index is 9.74. The molecule has 0 spiro atoms. The summed E-state index contributed by atoms with van der Waals surface area (Å²) in [4.78, 5) is 0. The SMILES string of the molecule is CC(C)CCC[C@H](C)[C@@H]1CC[C@@H]2[C@H]3CC=C4C[C@@H](B(O)O)CC[C@]4(C)[C@@H]3CC[C@]21C. The maximum absolute atomic E-state index is 9.74. The summed E-state index contributed by atoms with van der Waals surface area (Å²) in [5, 5.41) is 19.5. The zero-order valence-electron chi connectivity index (χ0n) is 20.4. The first-order chi connectivity index (χ1) is 14.2. The van der Waals surface area contributed by atoms with Gasteiger partial charge in [0.2, 0.25) is 0 Å². The average Bonchev–Trinajstić information content (AvgIpc) is 3.04. The molecule has 3 saturated carbocycles. The fourth-order valence-electron chi connectivity index (χ4n) is 8.97. The Bertz CT molecular complexity index is 643. The first-order valence-electron chi connectivity index (χ1n) is 13.2. The number of hydrogen-bond acceptors (Lipinski definition) is 2. The number of fused-ring (bicyclic) bond motifs is 5. The highest BCUT2D eigenvalue weighted by Crippen LogP contribution is 2.67. The van der Waals surface area contributed by atoms with Crippen molar-refractivity contribution in [3.8, 4) is 0 Å². The highest BCUT2D eigenvalue weighted by molar-refractivity contribution is 6.43. The maximum Gasteiger partial charge on any atom is 0.455 e. The van der Waals surface area contributed by atoms with Gasteiger partial charge in [-0.25, -0.2) is 0 Å². The lowest BCUT2D eigenvalue weighted by Crippen LogP contribution is -2.50. The number of allylic oxidation sites excluding steroid dienone is 2. The molecule has 30 heavy (non-hydrogen) atoms. The molecular weight excluding hydrogens is 367 g/mol. The second-order valence-electron chi connectivity index (χ2n) is 12.7. The van der Waals surface area contributed by atoms with Crippen LogP contribution in [0.15, 0.2) is 11.6 Å². The van der Waals surface area contributed by atoms with Gasteiger partial charge in [0.15, 0.2) is 0 Å². The van der Waals surface area contributed by atoms with Crippen LogP contribution < -0.4 is 0 Å². The number of hydrogen-bond donors (Lipinski definition) is 2. The molecule has 0 aromatic rings. The molecule has 8 atom stereocenters. The van der Waals surface area contributed by atoms with Gasteiger partial charge in [-0.05, 0) is 97.1 Å². The summed E-state index contributed by atoms with van der Waals surface area (Å²) < 4.78 is 0. The quantitative estimate of drug-likeness (QED) is 0.368. The van der Waals surface area contributed by atoms with Crippen LogP contribution in [0.3, 0.4) is 0 Å². The smallest absolute Gasteiger partial charge is 0.427 e. The zero-order chi connectivity index (χ0) is 21.7. The van der Waals surface area contributed by atoms with E-state index >= 15 is 0 Å². The van der Waals surface area contributed by atoms with Crippen LogP contribution >= 0.6 is 0 Å². The van der Waals surface area contributed by atoms with Crippen molar-refractivity contribution in [1.29, 1.82) is 0 Å². The first kappa shape index (κ1) is 22.9. The fourth-order valence-corrected chi connectivity index (χ4v) is 8.97. The Morgan fingerprint density at radius 3 is 2.47 bits per heavy atom. The van der Waals surface area contributed by atoms with Crippen LogP contribution in [0.4, 0.5) is 0 Å². The Morgan fingerprint density at radius 1 is 1.00 bits per heavy atom. The molecule has 0 radical (unpaired) electrons. The second kappa shape index (κ2) is 8.58. The van der Waals surface area contributed by atoms with Gasteiger partial charge in [0, 0.05) is 0 Å². The molecule has 0 bridgehead atoms. The van der Waals surface area contributed by atoms with Gasteiger partial charge in [0.25, 0.3) is 0 Å². The van der Waals surface area contributed by atoms with E-state index in [0.29, 0.717) is 10.8 Å². The Hall–Kier alpha value is -0.275. The lowest BCUT2D eigenvalue weighted by molar-refractivity contribution is -0.0503. The average molecular weight is 414 g/mol. The molecule has 170 valence electrons. The molecule has 4 aliphatic carbocycles. The zero-order valence-corrected chi connectivity index (χ0v) is 20.4. The molecular formula is C27H47BO2. The standard InChI is InChI=1S/C27H47BO2/c1-18(2)7-6-8-19(3)23-11-12-24-22-10-9-20-17-21(28(29)30)13-15-26(20,4)25(22)14-16-27(23,24)5/h9,18-19,21-25,29-30H,6-8,10-17H2,1-5H3/t19-,21-,22+,23-,24+,25+,26-,27-/m0/s1. The van der Waals surface area contributed by atoms with Gasteiger partial charge in [-0.15, -0.1) is 0 Å². The topological polar surface area (TPSA) is 40.5 Å². The van der Waals surface area contributed by atoms with Crippen LogP contribution in [0, 0.1) is 46.3 Å². The fraction of sp³-hybridized carbons (Fsp3) is 0.926. The lowest BCUT2D eigenvalue weighted by Gasteiger charge is -2.58. The second-order valence-corrected chi connectivity index (χ2v) is 12.7. The highest BCUT2D eigenvalue weighted by Gasteiger charge is 2.59. The highest BCUT2D eigenvalue weighted by atomic mass is 16.4. The first-order valence-corrected chi connectivity index (χ1v) is 13.2. The molecule has 0 amide bonds. The predicted molar refractivity (Wildman–Crippen MR) is 127 cm³/mol. The lowest BCUT2D eigenvalue weighted by atomic mass is 9.45. The van der Waals surface area contributed by atoms with Crippen molar-refractivity contribution in [3.63, 3.8) is 0 Å². The third-order valence-corrected chi connectivity index (χ3v) is 10.8. The normalized spacial score (nSPS) is 44.1. The van der Waals surface area contributed by atoms with E-state index in [9.17, 15) is 10.0 Å². The molecule has 4 aliphatic rings. The van der Waals surface area contributed by atoms with Gasteiger partial charge >= 0.3 is 7.12 Å². The van der Waals surface area contributed by atoms with Crippen molar-refractivity contribution in [2.45, 2.75) is 111 Å². The van der Waals surface area contributed by atoms with Crippen LogP contribution in [-0.4, -0.2) is 17.2 Å². The van der Waals surface area contributed by atoms with Gasteiger partial charge in [0.05, 0.1) is 0 Å². The monoisotopic (exact) mass is 414 g/mol. The molecule has 2 N–H and O–H groups in total. The van der Waals surface area contributed by atoms with Crippen LogP contribution in [0.5, 0.6) is 0 Å². The summed E-state index contributed by atoms with van der Waals surface area (Å²) in [6, 6.07) is 0. The summed E-state index contributed by atoms with van der Waals surface area (Å²) in [7, 11) is -1.14. The van der Waals surface area contributed by atoms with E-state index in [2.05, 4.69) is 40.7 Å². The molecule has 4 rings (SSSR count). The summed E-state index contributed by atoms with van der Waals surface area (Å²) >= 11 is 0. The minimum atomic E-state index is -1.14. The van der Waals surface area contributed by atoms with Crippen molar-refractivity contribution >= 4 is 7.12 Å². The summed E-state index contributed by atoms with van der Waals surface area (Å²) in [5.41, 5.74) is 2.43. The van der Waals surface area contributed by atoms with Crippen LogP contribution in [0.1, 0.15) is 105 Å². The van der Waals surface area contributed by atoms with E-state index in [1.54, 1.807) is 5.57 Å². The van der Waals surface area contributed by atoms with E-state index in [0.717, 1.165) is 54.8 Å². The van der Waals surface area contributed by atoms with E-state index in [1.807, 2.05) is 0 Å². The molecule has 3 heteroatoms. The summed E-state index contributed by atoms with van der Waals surface area (Å²) in [6.45, 7) is 12.5. The molecule has 2 nitrogen and oxygen atoms in total. The Kier molecular flexibility index (Phi) is 6.55. The van der Waals surface area contributed by atoms with E-state index < -0.39 is 7.12 Å². The Morgan fingerprint density at radius 2 is 1.77 bits per heavy atom. The van der Waals surface area contributed by atoms with Crippen molar-refractivity contribution < 1.29 is 10.0 Å². The van der Waals surface area contributed by atoms with Crippen molar-refractivity contribution in [1.82, 2.24) is 0 Å². The van der Waals surface area contributed by atoms with Gasteiger partial charge in [0.1, 0.15) is 0 Å². The Balaban J connectivity index is 1.48. The third-order valence-electron chi connectivity index (χ3n) is 10.8. The molecule has 0 unspecified atom stereocenters. The molecule has 0 aliphatic heterocycles. The molecule has 0 aromatic carbocycles. The predicted octanol–water partition coefficient (Wildman–Crippen LogP) is 6.87. The van der Waals surface area contributed by atoms with Crippen molar-refractivity contribution in [2.75, 3.05) is 0 Å². The van der Waals surface area contributed by atoms with E-state index in [1.165, 1.54) is 51.4 Å². The largest absolute Gasteiger partial charge is 0.455 e. The van der Waals surface area contributed by atoms with Gasteiger partial charge in [-0.1, -0.05) is 72.0 Å². The van der Waals surface area contributed by atoms with Gasteiger partial charge < -0.3 is 10.0 Å². The summed E-state index contributed by atoms with van der Waals surface area (Å²) in [6.07, 6.45) is 16.8. The molecule has 0 saturated heterocycles. The minimum absolute atomic E-state index is 0.0530. The van der Waals surface area contributed by atoms with E-state index in [-0.39, 0.29) is 5.82 Å². The van der Waals surface area contributed by atoms with Crippen molar-refractivity contribution in [2.24, 2.45) is 46.3 Å². The van der Waals surface area contributed by atoms with E-state index in [4.69, 9.17) is 0 Å². The van der Waals surface area contributed by atoms with Crippen LogP contribution in [0.2, 0.25) is 5.82 Å². The third kappa shape index (κ3) is 3.85. The van der Waals surface area contributed by atoms with Gasteiger partial charge in [-0.3, -0.25) is 0 Å². The van der Waals surface area contributed by atoms with Crippen LogP contribution in [0.25, 0.3) is 0 Å². The number of rotatable bonds is 6. The minimum Gasteiger partial charge on any atom is -0.427 e. The summed E-state index contributed by atoms with van der Waals surface area (Å²) in [5.74, 6) is 5.28. The molecule has 3 fully saturated rings. The Labute approximate surface area is 186 Å². The molecule has 0 aromatic heterocycles. The van der Waals surface area contributed by atoms with Crippen molar-refractivity contribution in [3.05, 3.63) is 11.6 Å². The molecule has 0 heterocycles. The van der Waals surface area contributed by atoms with Gasteiger partial charge in [-0.2, -0.15) is 0 Å². The van der Waals surface area contributed by atoms with Crippen LogP contribution in [-0.2, 0) is 0 Å².